The molecule has 0 saturated heterocycles. The lowest BCUT2D eigenvalue weighted by molar-refractivity contribution is 0.241. The SMILES string of the molecule is OCC(NCc1cccs1)c1ccccc1F. The Labute approximate surface area is 104 Å². The van der Waals surface area contributed by atoms with Crippen LogP contribution in [0.15, 0.2) is 41.8 Å². The minimum absolute atomic E-state index is 0.119. The van der Waals surface area contributed by atoms with Crippen LogP contribution in [0.1, 0.15) is 16.5 Å². The van der Waals surface area contributed by atoms with E-state index in [4.69, 9.17) is 0 Å². The van der Waals surface area contributed by atoms with Crippen molar-refractivity contribution in [3.63, 3.8) is 0 Å². The van der Waals surface area contributed by atoms with E-state index < -0.39 is 0 Å². The summed E-state index contributed by atoms with van der Waals surface area (Å²) in [5, 5.41) is 14.5. The number of thiophene rings is 1. The lowest BCUT2D eigenvalue weighted by Crippen LogP contribution is -2.24. The predicted octanol–water partition coefficient (Wildman–Crippen LogP) is 2.71. The van der Waals surface area contributed by atoms with Gasteiger partial charge in [-0.2, -0.15) is 0 Å². The lowest BCUT2D eigenvalue weighted by atomic mass is 10.1. The van der Waals surface area contributed by atoms with Crippen LogP contribution in [0.25, 0.3) is 0 Å². The van der Waals surface area contributed by atoms with Crippen LogP contribution in [0.2, 0.25) is 0 Å². The highest BCUT2D eigenvalue weighted by Gasteiger charge is 2.13. The molecule has 17 heavy (non-hydrogen) atoms. The van der Waals surface area contributed by atoms with Crippen LogP contribution in [-0.2, 0) is 6.54 Å². The number of hydrogen-bond acceptors (Lipinski definition) is 3. The summed E-state index contributed by atoms with van der Waals surface area (Å²) in [4.78, 5) is 1.17. The van der Waals surface area contributed by atoms with Crippen molar-refractivity contribution in [1.82, 2.24) is 5.32 Å². The van der Waals surface area contributed by atoms with E-state index in [1.807, 2.05) is 17.5 Å². The lowest BCUT2D eigenvalue weighted by Gasteiger charge is -2.16. The van der Waals surface area contributed by atoms with Crippen molar-refractivity contribution in [1.29, 1.82) is 0 Å². The molecule has 90 valence electrons. The number of nitrogens with one attached hydrogen (secondary N) is 1. The normalized spacial score (nSPS) is 12.6. The Morgan fingerprint density at radius 1 is 1.24 bits per heavy atom. The fraction of sp³-hybridized carbons (Fsp3) is 0.231. The summed E-state index contributed by atoms with van der Waals surface area (Å²) in [6.45, 7) is 0.517. The molecule has 0 aliphatic carbocycles. The number of rotatable bonds is 5. The molecule has 2 nitrogen and oxygen atoms in total. The van der Waals surface area contributed by atoms with Gasteiger partial charge < -0.3 is 10.4 Å². The quantitative estimate of drug-likeness (QED) is 0.856. The van der Waals surface area contributed by atoms with Crippen LogP contribution in [0, 0.1) is 5.82 Å². The molecule has 1 atom stereocenters. The summed E-state index contributed by atoms with van der Waals surface area (Å²) in [6, 6.07) is 10.1. The Morgan fingerprint density at radius 3 is 2.71 bits per heavy atom. The zero-order valence-electron chi connectivity index (χ0n) is 9.27. The van der Waals surface area contributed by atoms with Gasteiger partial charge in [-0.15, -0.1) is 11.3 Å². The smallest absolute Gasteiger partial charge is 0.128 e. The fourth-order valence-corrected chi connectivity index (χ4v) is 2.32. The van der Waals surface area contributed by atoms with E-state index in [1.54, 1.807) is 29.5 Å². The van der Waals surface area contributed by atoms with E-state index in [0.29, 0.717) is 12.1 Å². The molecule has 0 aliphatic rings. The Hall–Kier alpha value is -1.23. The number of aliphatic hydroxyl groups is 1. The second kappa shape index (κ2) is 5.91. The number of halogens is 1. The van der Waals surface area contributed by atoms with Gasteiger partial charge >= 0.3 is 0 Å². The molecule has 1 aromatic carbocycles. The van der Waals surface area contributed by atoms with E-state index in [1.165, 1.54) is 10.9 Å². The van der Waals surface area contributed by atoms with Crippen molar-refractivity contribution in [3.8, 4) is 0 Å². The van der Waals surface area contributed by atoms with Crippen molar-refractivity contribution in [2.45, 2.75) is 12.6 Å². The van der Waals surface area contributed by atoms with Gasteiger partial charge in [0.05, 0.1) is 12.6 Å². The predicted molar refractivity (Wildman–Crippen MR) is 67.4 cm³/mol. The summed E-state index contributed by atoms with van der Waals surface area (Å²) >= 11 is 1.64. The van der Waals surface area contributed by atoms with Gasteiger partial charge in [0.25, 0.3) is 0 Å². The number of hydrogen-bond donors (Lipinski definition) is 2. The molecular formula is C13H14FNOS. The van der Waals surface area contributed by atoms with E-state index in [9.17, 15) is 9.50 Å². The molecule has 0 bridgehead atoms. The van der Waals surface area contributed by atoms with Crippen LogP contribution in [0.5, 0.6) is 0 Å². The van der Waals surface area contributed by atoms with Crippen LogP contribution >= 0.6 is 11.3 Å². The second-order valence-corrected chi connectivity index (χ2v) is 4.75. The van der Waals surface area contributed by atoms with Crippen molar-refractivity contribution < 1.29 is 9.50 Å². The zero-order valence-corrected chi connectivity index (χ0v) is 10.1. The average Bonchev–Trinajstić information content (AvgIpc) is 2.85. The van der Waals surface area contributed by atoms with Gasteiger partial charge in [-0.05, 0) is 17.5 Å². The van der Waals surface area contributed by atoms with Crippen molar-refractivity contribution in [3.05, 3.63) is 58.0 Å². The fourth-order valence-electron chi connectivity index (χ4n) is 1.67. The summed E-state index contributed by atoms with van der Waals surface area (Å²) < 4.78 is 13.5. The molecular weight excluding hydrogens is 237 g/mol. The molecule has 1 unspecified atom stereocenters. The third-order valence-electron chi connectivity index (χ3n) is 2.57. The van der Waals surface area contributed by atoms with Gasteiger partial charge in [-0.3, -0.25) is 0 Å². The molecule has 0 spiro atoms. The molecule has 2 rings (SSSR count). The van der Waals surface area contributed by atoms with E-state index in [0.717, 1.165) is 0 Å². The monoisotopic (exact) mass is 251 g/mol. The summed E-state index contributed by atoms with van der Waals surface area (Å²) in [6.07, 6.45) is 0. The first-order valence-electron chi connectivity index (χ1n) is 5.42. The summed E-state index contributed by atoms with van der Waals surface area (Å²) in [5.41, 5.74) is 0.506. The molecule has 0 amide bonds. The average molecular weight is 251 g/mol. The molecule has 1 aromatic heterocycles. The molecule has 0 fully saturated rings. The summed E-state index contributed by atoms with van der Waals surface area (Å²) in [7, 11) is 0. The van der Waals surface area contributed by atoms with Gasteiger partial charge in [0.15, 0.2) is 0 Å². The van der Waals surface area contributed by atoms with Crippen molar-refractivity contribution in [2.24, 2.45) is 0 Å². The first-order valence-corrected chi connectivity index (χ1v) is 6.30. The van der Waals surface area contributed by atoms with Gasteiger partial charge in [-0.25, -0.2) is 4.39 Å². The van der Waals surface area contributed by atoms with Crippen LogP contribution in [0.3, 0.4) is 0 Å². The third-order valence-corrected chi connectivity index (χ3v) is 3.44. The van der Waals surface area contributed by atoms with E-state index in [2.05, 4.69) is 5.32 Å². The molecule has 0 aliphatic heterocycles. The maximum absolute atomic E-state index is 13.5. The maximum atomic E-state index is 13.5. The van der Waals surface area contributed by atoms with Gasteiger partial charge in [0, 0.05) is 17.0 Å². The number of aliphatic hydroxyl groups excluding tert-OH is 1. The summed E-state index contributed by atoms with van der Waals surface area (Å²) in [5.74, 6) is -0.287. The second-order valence-electron chi connectivity index (χ2n) is 3.72. The molecule has 2 N–H and O–H groups in total. The Kier molecular flexibility index (Phi) is 4.25. The Bertz CT molecular complexity index is 458. The van der Waals surface area contributed by atoms with Crippen LogP contribution in [-0.4, -0.2) is 11.7 Å². The molecule has 0 saturated carbocycles. The van der Waals surface area contributed by atoms with E-state index >= 15 is 0 Å². The van der Waals surface area contributed by atoms with E-state index in [-0.39, 0.29) is 18.5 Å². The first-order chi connectivity index (χ1) is 8.31. The highest BCUT2D eigenvalue weighted by atomic mass is 32.1. The van der Waals surface area contributed by atoms with Gasteiger partial charge in [0.1, 0.15) is 5.82 Å². The van der Waals surface area contributed by atoms with Crippen LogP contribution in [0.4, 0.5) is 4.39 Å². The minimum Gasteiger partial charge on any atom is -0.394 e. The number of benzene rings is 1. The first kappa shape index (κ1) is 12.2. The standard InChI is InChI=1S/C13H14FNOS/c14-12-6-2-1-5-11(12)13(9-16)15-8-10-4-3-7-17-10/h1-7,13,15-16H,8-9H2. The minimum atomic E-state index is -0.363. The van der Waals surface area contributed by atoms with Gasteiger partial charge in [-0.1, -0.05) is 24.3 Å². The molecule has 1 heterocycles. The molecule has 2 aromatic rings. The maximum Gasteiger partial charge on any atom is 0.128 e. The zero-order chi connectivity index (χ0) is 12.1. The topological polar surface area (TPSA) is 32.3 Å². The Balaban J connectivity index is 2.04. The molecule has 4 heteroatoms. The third kappa shape index (κ3) is 3.12. The molecule has 0 radical (unpaired) electrons. The van der Waals surface area contributed by atoms with Crippen LogP contribution < -0.4 is 5.32 Å². The van der Waals surface area contributed by atoms with Gasteiger partial charge in [0.2, 0.25) is 0 Å². The Morgan fingerprint density at radius 2 is 2.06 bits per heavy atom. The largest absolute Gasteiger partial charge is 0.394 e. The van der Waals surface area contributed by atoms with Crippen molar-refractivity contribution >= 4 is 11.3 Å². The highest BCUT2D eigenvalue weighted by molar-refractivity contribution is 7.09. The highest BCUT2D eigenvalue weighted by Crippen LogP contribution is 2.17. The van der Waals surface area contributed by atoms with Crippen molar-refractivity contribution in [2.75, 3.05) is 6.61 Å².